The van der Waals surface area contributed by atoms with Crippen LogP contribution in [0.1, 0.15) is 18.0 Å². The van der Waals surface area contributed by atoms with Gasteiger partial charge in [0.05, 0.1) is 12.5 Å². The molecule has 1 rings (SSSR count). The highest BCUT2D eigenvalue weighted by Gasteiger charge is 2.09. The summed E-state index contributed by atoms with van der Waals surface area (Å²) >= 11 is 4.06. The summed E-state index contributed by atoms with van der Waals surface area (Å²) in [6, 6.07) is 6.44. The molecule has 1 aromatic carbocycles. The van der Waals surface area contributed by atoms with E-state index in [-0.39, 0.29) is 12.2 Å². The van der Waals surface area contributed by atoms with Crippen molar-refractivity contribution < 1.29 is 5.11 Å². The van der Waals surface area contributed by atoms with Crippen molar-refractivity contribution >= 4 is 12.6 Å². The second-order valence-electron chi connectivity index (χ2n) is 2.71. The third kappa shape index (κ3) is 2.38. The monoisotopic (exact) mass is 194 g/mol. The molecule has 0 aliphatic carbocycles. The molecule has 13 heavy (non-hydrogen) atoms. The summed E-state index contributed by atoms with van der Waals surface area (Å²) in [7, 11) is 0. The predicted octanol–water partition coefficient (Wildman–Crippen LogP) is 1.59. The van der Waals surface area contributed by atoms with Gasteiger partial charge < -0.3 is 10.8 Å². The summed E-state index contributed by atoms with van der Waals surface area (Å²) in [6.07, 6.45) is 0.194. The number of benzene rings is 1. The highest BCUT2D eigenvalue weighted by molar-refractivity contribution is 7.80. The number of nitrogens with two attached hydrogens (primary N) is 1. The summed E-state index contributed by atoms with van der Waals surface area (Å²) in [5.41, 5.74) is 6.23. The molecule has 68 valence electrons. The van der Waals surface area contributed by atoms with Crippen molar-refractivity contribution in [2.24, 2.45) is 5.73 Å². The Hall–Kier alpha value is -1.18. The smallest absolute Gasteiger partial charge is 0.121 e. The standard InChI is InChI=1S/C9H10N2OS/c10-4-3-8(11)7-2-1-6(13)5-9(7)12/h1-2,5,8,12-13H,3,11H2/t8-/m0/s1. The van der Waals surface area contributed by atoms with Gasteiger partial charge in [-0.2, -0.15) is 5.26 Å². The zero-order valence-corrected chi connectivity index (χ0v) is 7.83. The summed E-state index contributed by atoms with van der Waals surface area (Å²) in [5, 5.41) is 17.9. The van der Waals surface area contributed by atoms with Crippen LogP contribution in [0.4, 0.5) is 0 Å². The number of hydrogen-bond acceptors (Lipinski definition) is 4. The van der Waals surface area contributed by atoms with Gasteiger partial charge in [0.2, 0.25) is 0 Å². The first-order valence-electron chi connectivity index (χ1n) is 3.79. The maximum absolute atomic E-state index is 9.45. The minimum atomic E-state index is -0.432. The van der Waals surface area contributed by atoms with Gasteiger partial charge in [-0.25, -0.2) is 0 Å². The lowest BCUT2D eigenvalue weighted by Gasteiger charge is -2.09. The fourth-order valence-electron chi connectivity index (χ4n) is 1.05. The van der Waals surface area contributed by atoms with Crippen molar-refractivity contribution in [1.82, 2.24) is 0 Å². The molecule has 0 saturated carbocycles. The molecule has 0 aliphatic rings. The van der Waals surface area contributed by atoms with E-state index >= 15 is 0 Å². The van der Waals surface area contributed by atoms with Gasteiger partial charge in [0.25, 0.3) is 0 Å². The molecule has 0 radical (unpaired) electrons. The number of phenols is 1. The Kier molecular flexibility index (Phi) is 3.18. The molecule has 0 fully saturated rings. The molecule has 0 amide bonds. The van der Waals surface area contributed by atoms with Crippen LogP contribution in [0.15, 0.2) is 23.1 Å². The summed E-state index contributed by atoms with van der Waals surface area (Å²) < 4.78 is 0. The molecule has 3 nitrogen and oxygen atoms in total. The molecule has 1 atom stereocenters. The molecule has 0 aliphatic heterocycles. The van der Waals surface area contributed by atoms with E-state index in [4.69, 9.17) is 11.0 Å². The van der Waals surface area contributed by atoms with Crippen molar-refractivity contribution in [3.8, 4) is 11.8 Å². The van der Waals surface area contributed by atoms with Crippen LogP contribution in [0, 0.1) is 11.3 Å². The topological polar surface area (TPSA) is 70.0 Å². The summed E-state index contributed by atoms with van der Waals surface area (Å²) in [4.78, 5) is 0.672. The van der Waals surface area contributed by atoms with Crippen LogP contribution in [0.5, 0.6) is 5.75 Å². The summed E-state index contributed by atoms with van der Waals surface area (Å²) in [6.45, 7) is 0. The Balaban J connectivity index is 2.96. The zero-order valence-electron chi connectivity index (χ0n) is 6.94. The van der Waals surface area contributed by atoms with Crippen LogP contribution in [-0.2, 0) is 0 Å². The lowest BCUT2D eigenvalue weighted by Crippen LogP contribution is -2.09. The molecular weight excluding hydrogens is 184 g/mol. The number of nitrogens with zero attached hydrogens (tertiary/aromatic N) is 1. The quantitative estimate of drug-likeness (QED) is 0.626. The number of aromatic hydroxyl groups is 1. The van der Waals surface area contributed by atoms with Crippen molar-refractivity contribution in [3.05, 3.63) is 23.8 Å². The average molecular weight is 194 g/mol. The normalized spacial score (nSPS) is 12.1. The Morgan fingerprint density at radius 1 is 1.62 bits per heavy atom. The second-order valence-corrected chi connectivity index (χ2v) is 3.23. The van der Waals surface area contributed by atoms with Gasteiger partial charge in [0, 0.05) is 16.5 Å². The first-order chi connectivity index (χ1) is 6.15. The van der Waals surface area contributed by atoms with Gasteiger partial charge in [0.1, 0.15) is 5.75 Å². The highest BCUT2D eigenvalue weighted by atomic mass is 32.1. The van der Waals surface area contributed by atoms with E-state index in [1.165, 1.54) is 6.07 Å². The number of hydrogen-bond donors (Lipinski definition) is 3. The Labute approximate surface area is 82.2 Å². The Morgan fingerprint density at radius 3 is 2.85 bits per heavy atom. The van der Waals surface area contributed by atoms with E-state index in [9.17, 15) is 5.11 Å². The predicted molar refractivity (Wildman–Crippen MR) is 52.5 cm³/mol. The summed E-state index contributed by atoms with van der Waals surface area (Å²) in [5.74, 6) is 0.0928. The van der Waals surface area contributed by atoms with Crippen LogP contribution in [0.3, 0.4) is 0 Å². The van der Waals surface area contributed by atoms with Crippen LogP contribution in [0.2, 0.25) is 0 Å². The maximum Gasteiger partial charge on any atom is 0.121 e. The molecule has 0 unspecified atom stereocenters. The maximum atomic E-state index is 9.45. The van der Waals surface area contributed by atoms with E-state index in [0.717, 1.165) is 0 Å². The fraction of sp³-hybridized carbons (Fsp3) is 0.222. The SMILES string of the molecule is N#CC[C@H](N)c1ccc(S)cc1O. The third-order valence-corrected chi connectivity index (χ3v) is 2.00. The van der Waals surface area contributed by atoms with E-state index < -0.39 is 6.04 Å². The van der Waals surface area contributed by atoms with Crippen molar-refractivity contribution in [3.63, 3.8) is 0 Å². The minimum Gasteiger partial charge on any atom is -0.508 e. The Morgan fingerprint density at radius 2 is 2.31 bits per heavy atom. The van der Waals surface area contributed by atoms with Gasteiger partial charge in [-0.1, -0.05) is 6.07 Å². The fourth-order valence-corrected chi connectivity index (χ4v) is 1.25. The largest absolute Gasteiger partial charge is 0.508 e. The zero-order chi connectivity index (χ0) is 9.84. The first kappa shape index (κ1) is 9.90. The minimum absolute atomic E-state index is 0.0928. The molecule has 0 spiro atoms. The molecule has 4 heteroatoms. The van der Waals surface area contributed by atoms with Gasteiger partial charge in [-0.3, -0.25) is 0 Å². The molecule has 1 aromatic rings. The number of rotatable bonds is 2. The van der Waals surface area contributed by atoms with Crippen LogP contribution in [0.25, 0.3) is 0 Å². The molecule has 0 heterocycles. The van der Waals surface area contributed by atoms with E-state index in [1.54, 1.807) is 12.1 Å². The van der Waals surface area contributed by atoms with Crippen molar-refractivity contribution in [1.29, 1.82) is 5.26 Å². The van der Waals surface area contributed by atoms with Crippen LogP contribution < -0.4 is 5.73 Å². The van der Waals surface area contributed by atoms with Gasteiger partial charge >= 0.3 is 0 Å². The molecule has 3 N–H and O–H groups in total. The highest BCUT2D eigenvalue weighted by Crippen LogP contribution is 2.26. The number of phenolic OH excluding ortho intramolecular Hbond substituents is 1. The molecule has 0 aromatic heterocycles. The van der Waals surface area contributed by atoms with Crippen LogP contribution in [-0.4, -0.2) is 5.11 Å². The molecule has 0 bridgehead atoms. The van der Waals surface area contributed by atoms with Crippen molar-refractivity contribution in [2.45, 2.75) is 17.4 Å². The average Bonchev–Trinajstić information content (AvgIpc) is 2.04. The van der Waals surface area contributed by atoms with Crippen LogP contribution >= 0.6 is 12.6 Å². The van der Waals surface area contributed by atoms with Gasteiger partial charge in [-0.05, 0) is 12.1 Å². The van der Waals surface area contributed by atoms with E-state index in [2.05, 4.69) is 12.6 Å². The Bertz CT molecular complexity index is 346. The second kappa shape index (κ2) is 4.17. The lowest BCUT2D eigenvalue weighted by molar-refractivity contribution is 0.460. The first-order valence-corrected chi connectivity index (χ1v) is 4.24. The van der Waals surface area contributed by atoms with Gasteiger partial charge in [0.15, 0.2) is 0 Å². The number of nitriles is 1. The molecule has 0 saturated heterocycles. The van der Waals surface area contributed by atoms with E-state index in [0.29, 0.717) is 10.5 Å². The van der Waals surface area contributed by atoms with Crippen molar-refractivity contribution in [2.75, 3.05) is 0 Å². The number of thiol groups is 1. The van der Waals surface area contributed by atoms with Gasteiger partial charge in [-0.15, -0.1) is 12.6 Å². The third-order valence-electron chi connectivity index (χ3n) is 1.72. The lowest BCUT2D eigenvalue weighted by atomic mass is 10.0. The molecular formula is C9H10N2OS. The van der Waals surface area contributed by atoms with E-state index in [1.807, 2.05) is 6.07 Å².